The molecule has 5 rings (SSSR count). The maximum absolute atomic E-state index is 14.0. The van der Waals surface area contributed by atoms with Crippen LogP contribution in [0.2, 0.25) is 0 Å². The van der Waals surface area contributed by atoms with E-state index in [2.05, 4.69) is 20.3 Å². The Bertz CT molecular complexity index is 1230. The highest BCUT2D eigenvalue weighted by Crippen LogP contribution is 2.33. The van der Waals surface area contributed by atoms with E-state index >= 15 is 0 Å². The number of unbranched alkanes of at least 4 members (excludes halogenated alkanes) is 2. The van der Waals surface area contributed by atoms with Gasteiger partial charge >= 0.3 is 5.97 Å². The molecule has 2 atom stereocenters. The lowest BCUT2D eigenvalue weighted by molar-refractivity contribution is -0.137. The Morgan fingerprint density at radius 3 is 2.71 bits per heavy atom. The van der Waals surface area contributed by atoms with E-state index in [1.165, 1.54) is 23.0 Å². The molecule has 3 N–H and O–H groups in total. The number of aromatic amines is 1. The molecule has 2 saturated heterocycles. The molecule has 3 aromatic rings. The molecule has 10 nitrogen and oxygen atoms in total. The Morgan fingerprint density at radius 2 is 2.00 bits per heavy atom. The molecule has 2 fully saturated rings. The van der Waals surface area contributed by atoms with E-state index in [9.17, 15) is 14.0 Å². The molecule has 0 amide bonds. The van der Waals surface area contributed by atoms with Crippen molar-refractivity contribution < 1.29 is 19.0 Å². The van der Waals surface area contributed by atoms with Gasteiger partial charge in [-0.05, 0) is 37.8 Å². The maximum atomic E-state index is 14.0. The predicted molar refractivity (Wildman–Crippen MR) is 130 cm³/mol. The van der Waals surface area contributed by atoms with Crippen molar-refractivity contribution in [2.75, 3.05) is 24.6 Å². The van der Waals surface area contributed by atoms with Crippen LogP contribution in [0, 0.1) is 5.82 Å². The number of nitrogens with one attached hydrogen (secondary N) is 2. The van der Waals surface area contributed by atoms with Gasteiger partial charge in [0.2, 0.25) is 5.95 Å². The third-order valence-electron chi connectivity index (χ3n) is 6.20. The molecular formula is C24H31FN6O4. The molecule has 2 aliphatic rings. The lowest BCUT2D eigenvalue weighted by Crippen LogP contribution is -2.68. The van der Waals surface area contributed by atoms with E-state index in [-0.39, 0.29) is 17.7 Å². The van der Waals surface area contributed by atoms with Gasteiger partial charge in [-0.2, -0.15) is 10.1 Å². The third kappa shape index (κ3) is 5.14. The number of fused-ring (bicyclic) bond motifs is 3. The lowest BCUT2D eigenvalue weighted by atomic mass is 9.89. The summed E-state index contributed by atoms with van der Waals surface area (Å²) in [5.74, 6) is -0.482. The number of halogens is 1. The molecule has 0 aliphatic carbocycles. The first kappa shape index (κ1) is 24.6. The number of benzene rings is 1. The van der Waals surface area contributed by atoms with Crippen LogP contribution in [0.1, 0.15) is 46.0 Å². The number of rotatable bonds is 9. The Labute approximate surface area is 202 Å². The number of hydrogen-bond acceptors (Lipinski definition) is 7. The summed E-state index contributed by atoms with van der Waals surface area (Å²) in [5.41, 5.74) is 0.582. The van der Waals surface area contributed by atoms with Gasteiger partial charge in [-0.1, -0.05) is 13.8 Å². The van der Waals surface area contributed by atoms with Crippen LogP contribution in [0.15, 0.2) is 29.2 Å². The van der Waals surface area contributed by atoms with Crippen molar-refractivity contribution in [3.05, 3.63) is 40.6 Å². The summed E-state index contributed by atoms with van der Waals surface area (Å²) in [6.45, 7) is 6.00. The number of piperazine rings is 1. The van der Waals surface area contributed by atoms with Gasteiger partial charge in [0, 0.05) is 37.7 Å². The van der Waals surface area contributed by atoms with Crippen LogP contribution >= 0.6 is 0 Å². The van der Waals surface area contributed by atoms with Gasteiger partial charge in [-0.25, -0.2) is 9.07 Å². The second-order valence-electron chi connectivity index (χ2n) is 8.46. The molecule has 0 spiro atoms. The fourth-order valence-electron chi connectivity index (χ4n) is 4.55. The largest absolute Gasteiger partial charge is 0.491 e. The number of hydrogen-bond donors (Lipinski definition) is 3. The van der Waals surface area contributed by atoms with Crippen LogP contribution in [-0.4, -0.2) is 62.6 Å². The molecule has 2 unspecified atom stereocenters. The molecule has 11 heteroatoms. The zero-order valence-corrected chi connectivity index (χ0v) is 20.0. The Kier molecular flexibility index (Phi) is 7.64. The van der Waals surface area contributed by atoms with E-state index in [0.717, 1.165) is 19.5 Å². The molecule has 2 aliphatic heterocycles. The van der Waals surface area contributed by atoms with Crippen molar-refractivity contribution in [3.8, 4) is 11.4 Å². The molecule has 4 heterocycles. The quantitative estimate of drug-likeness (QED) is 0.394. The van der Waals surface area contributed by atoms with Gasteiger partial charge in [-0.3, -0.25) is 14.6 Å². The summed E-state index contributed by atoms with van der Waals surface area (Å²) in [6, 6.07) is 4.73. The summed E-state index contributed by atoms with van der Waals surface area (Å²) in [7, 11) is 0. The number of H-pyrrole nitrogens is 1. The van der Waals surface area contributed by atoms with Crippen molar-refractivity contribution in [1.82, 2.24) is 25.1 Å². The van der Waals surface area contributed by atoms with Crippen molar-refractivity contribution in [3.63, 3.8) is 0 Å². The Balaban J connectivity index is 0.00000141. The minimum atomic E-state index is -0.825. The molecule has 1 aromatic carbocycles. The van der Waals surface area contributed by atoms with Gasteiger partial charge in [0.25, 0.3) is 5.56 Å². The summed E-state index contributed by atoms with van der Waals surface area (Å²) in [5, 5.41) is 16.8. The molecule has 35 heavy (non-hydrogen) atoms. The number of piperidine rings is 1. The van der Waals surface area contributed by atoms with Crippen molar-refractivity contribution in [1.29, 1.82) is 0 Å². The van der Waals surface area contributed by atoms with E-state index < -0.39 is 11.8 Å². The predicted octanol–water partition coefficient (Wildman–Crippen LogP) is 2.85. The highest BCUT2D eigenvalue weighted by atomic mass is 19.1. The van der Waals surface area contributed by atoms with E-state index in [1.54, 1.807) is 6.07 Å². The first-order valence-electron chi connectivity index (χ1n) is 12.1. The zero-order chi connectivity index (χ0) is 24.9. The molecule has 0 saturated carbocycles. The SMILES string of the molecule is CC.O=C(O)CCCCCOc1cc(F)ccc1-n1ncc2c(=O)[nH]c(N3C4CNCC3C4)nc21. The normalized spacial score (nSPS) is 18.5. The minimum absolute atomic E-state index is 0.113. The highest BCUT2D eigenvalue weighted by molar-refractivity contribution is 5.77. The number of carbonyl (C=O) groups is 1. The smallest absolute Gasteiger partial charge is 0.303 e. The fraction of sp³-hybridized carbons (Fsp3) is 0.500. The molecule has 188 valence electrons. The summed E-state index contributed by atoms with van der Waals surface area (Å²) >= 11 is 0. The number of carboxylic acid groups (broad SMARTS) is 1. The van der Waals surface area contributed by atoms with Crippen LogP contribution in [0.4, 0.5) is 10.3 Å². The van der Waals surface area contributed by atoms with E-state index in [0.29, 0.717) is 60.6 Å². The second-order valence-corrected chi connectivity index (χ2v) is 8.46. The number of anilines is 1. The van der Waals surface area contributed by atoms with Gasteiger partial charge in [0.05, 0.1) is 12.8 Å². The van der Waals surface area contributed by atoms with Gasteiger partial charge in [-0.15, -0.1) is 0 Å². The fourth-order valence-corrected chi connectivity index (χ4v) is 4.55. The van der Waals surface area contributed by atoms with Crippen LogP contribution in [0.3, 0.4) is 0 Å². The van der Waals surface area contributed by atoms with Gasteiger partial charge in [0.15, 0.2) is 5.65 Å². The number of aliphatic carboxylic acids is 1. The topological polar surface area (TPSA) is 125 Å². The Morgan fingerprint density at radius 1 is 1.23 bits per heavy atom. The zero-order valence-electron chi connectivity index (χ0n) is 20.0. The van der Waals surface area contributed by atoms with Crippen molar-refractivity contribution in [2.24, 2.45) is 0 Å². The average molecular weight is 487 g/mol. The third-order valence-corrected chi connectivity index (χ3v) is 6.20. The molecule has 2 aromatic heterocycles. The summed E-state index contributed by atoms with van der Waals surface area (Å²) in [4.78, 5) is 33.1. The van der Waals surface area contributed by atoms with Crippen LogP contribution < -0.4 is 20.5 Å². The Hall–Kier alpha value is -3.47. The van der Waals surface area contributed by atoms with E-state index in [1.807, 2.05) is 13.8 Å². The van der Waals surface area contributed by atoms with Crippen molar-refractivity contribution in [2.45, 2.75) is 58.0 Å². The number of aromatic nitrogens is 4. The van der Waals surface area contributed by atoms with Gasteiger partial charge < -0.3 is 20.1 Å². The van der Waals surface area contributed by atoms with Crippen LogP contribution in [0.25, 0.3) is 16.7 Å². The molecular weight excluding hydrogens is 455 g/mol. The standard InChI is InChI=1S/C22H25FN6O4.C2H6/c23-13-5-6-17(18(8-13)33-7-3-1-2-4-19(30)31)29-20-16(12-25-29)21(32)27-22(26-20)28-14-9-15(28)11-24-10-14;1-2/h5-6,8,12,14-15,24H,1-4,7,9-11H2,(H,30,31)(H,26,27,32);1-2H3. The highest BCUT2D eigenvalue weighted by Gasteiger charge is 2.42. The first-order chi connectivity index (χ1) is 17.0. The summed E-state index contributed by atoms with van der Waals surface area (Å²) < 4.78 is 21.3. The maximum Gasteiger partial charge on any atom is 0.303 e. The van der Waals surface area contributed by atoms with E-state index in [4.69, 9.17) is 14.8 Å². The first-order valence-corrected chi connectivity index (χ1v) is 12.1. The number of nitrogens with zero attached hydrogens (tertiary/aromatic N) is 4. The monoisotopic (exact) mass is 486 g/mol. The minimum Gasteiger partial charge on any atom is -0.491 e. The van der Waals surface area contributed by atoms with Crippen molar-refractivity contribution >= 4 is 23.0 Å². The lowest BCUT2D eigenvalue weighted by Gasteiger charge is -2.53. The molecule has 2 bridgehead atoms. The average Bonchev–Trinajstić information content (AvgIpc) is 3.27. The summed E-state index contributed by atoms with van der Waals surface area (Å²) in [6.07, 6.45) is 4.51. The van der Waals surface area contributed by atoms with Crippen LogP contribution in [-0.2, 0) is 4.79 Å². The number of carboxylic acids is 1. The van der Waals surface area contributed by atoms with Crippen LogP contribution in [0.5, 0.6) is 5.75 Å². The van der Waals surface area contributed by atoms with Gasteiger partial charge in [0.1, 0.15) is 22.6 Å². The molecule has 0 radical (unpaired) electrons. The second kappa shape index (κ2) is 10.9. The number of ether oxygens (including phenoxy) is 1.